The molecule has 1 aliphatic rings. The molecule has 0 radical (unpaired) electrons. The Bertz CT molecular complexity index is 537. The predicted molar refractivity (Wildman–Crippen MR) is 80.5 cm³/mol. The van der Waals surface area contributed by atoms with Crippen molar-refractivity contribution < 1.29 is 24.5 Å². The minimum Gasteiger partial charge on any atom is -0.504 e. The third-order valence-corrected chi connectivity index (χ3v) is 3.99. The van der Waals surface area contributed by atoms with Gasteiger partial charge in [0.15, 0.2) is 11.5 Å². The molecule has 2 rings (SSSR count). The molecule has 0 aliphatic carbocycles. The lowest BCUT2D eigenvalue weighted by Crippen LogP contribution is -2.52. The number of ether oxygens (including phenoxy) is 2. The van der Waals surface area contributed by atoms with Gasteiger partial charge in [-0.1, -0.05) is 13.0 Å². The molecule has 6 nitrogen and oxygen atoms in total. The van der Waals surface area contributed by atoms with E-state index in [4.69, 9.17) is 9.47 Å². The van der Waals surface area contributed by atoms with Crippen LogP contribution in [0.1, 0.15) is 38.3 Å². The molecule has 1 aliphatic heterocycles. The van der Waals surface area contributed by atoms with Crippen LogP contribution >= 0.6 is 0 Å². The van der Waals surface area contributed by atoms with Crippen molar-refractivity contribution in [3.8, 4) is 11.5 Å². The summed E-state index contributed by atoms with van der Waals surface area (Å²) in [4.78, 5) is 12.3. The number of hydrogen-bond acceptors (Lipinski definition) is 5. The second kappa shape index (κ2) is 6.54. The maximum Gasteiger partial charge on any atom is 0.280 e. The summed E-state index contributed by atoms with van der Waals surface area (Å²) in [6.07, 6.45) is 1.02. The van der Waals surface area contributed by atoms with Crippen molar-refractivity contribution in [2.45, 2.75) is 38.5 Å². The minimum absolute atomic E-state index is 0.0352. The average Bonchev–Trinajstić information content (AvgIpc) is 2.50. The number of benzene rings is 1. The summed E-state index contributed by atoms with van der Waals surface area (Å²) in [6, 6.07) is 4.49. The van der Waals surface area contributed by atoms with Crippen LogP contribution in [0.3, 0.4) is 0 Å². The molecule has 0 spiro atoms. The van der Waals surface area contributed by atoms with Crippen molar-refractivity contribution in [3.63, 3.8) is 0 Å². The van der Waals surface area contributed by atoms with Gasteiger partial charge in [-0.05, 0) is 37.0 Å². The zero-order valence-electron chi connectivity index (χ0n) is 13.1. The van der Waals surface area contributed by atoms with E-state index in [1.807, 2.05) is 6.92 Å². The van der Waals surface area contributed by atoms with E-state index in [1.165, 1.54) is 13.2 Å². The zero-order valence-corrected chi connectivity index (χ0v) is 13.1. The first-order chi connectivity index (χ1) is 10.4. The van der Waals surface area contributed by atoms with Crippen LogP contribution in [0, 0.1) is 5.92 Å². The fourth-order valence-electron chi connectivity index (χ4n) is 2.41. The van der Waals surface area contributed by atoms with Crippen LogP contribution in [0.2, 0.25) is 0 Å². The number of aliphatic hydroxyl groups is 1. The van der Waals surface area contributed by atoms with Gasteiger partial charge in [-0.15, -0.1) is 0 Å². The molecule has 0 bridgehead atoms. The van der Waals surface area contributed by atoms with E-state index in [9.17, 15) is 15.0 Å². The molecule has 1 aromatic rings. The van der Waals surface area contributed by atoms with Crippen molar-refractivity contribution >= 4 is 5.91 Å². The van der Waals surface area contributed by atoms with E-state index in [1.54, 1.807) is 19.1 Å². The van der Waals surface area contributed by atoms with Gasteiger partial charge in [-0.25, -0.2) is 0 Å². The van der Waals surface area contributed by atoms with Gasteiger partial charge in [0, 0.05) is 6.42 Å². The first-order valence-corrected chi connectivity index (χ1v) is 7.40. The Balaban J connectivity index is 2.05. The molecule has 1 aromatic carbocycles. The molecule has 3 N–H and O–H groups in total. The summed E-state index contributed by atoms with van der Waals surface area (Å²) in [6.45, 7) is 4.17. The molecule has 3 atom stereocenters. The summed E-state index contributed by atoms with van der Waals surface area (Å²) in [5.74, 6) is -1.60. The van der Waals surface area contributed by atoms with Crippen LogP contribution in [0.15, 0.2) is 18.2 Å². The van der Waals surface area contributed by atoms with Crippen LogP contribution in [-0.2, 0) is 9.53 Å². The van der Waals surface area contributed by atoms with E-state index >= 15 is 0 Å². The first-order valence-electron chi connectivity index (χ1n) is 7.40. The normalized spacial score (nSPS) is 26.3. The van der Waals surface area contributed by atoms with Crippen LogP contribution in [-0.4, -0.2) is 35.6 Å². The number of amides is 1. The van der Waals surface area contributed by atoms with Gasteiger partial charge < -0.3 is 25.0 Å². The molecular formula is C16H23NO5. The topological polar surface area (TPSA) is 88.0 Å². The van der Waals surface area contributed by atoms with E-state index in [-0.39, 0.29) is 18.2 Å². The summed E-state index contributed by atoms with van der Waals surface area (Å²) in [5.41, 5.74) is 0.760. The smallest absolute Gasteiger partial charge is 0.280 e. The average molecular weight is 309 g/mol. The highest BCUT2D eigenvalue weighted by Crippen LogP contribution is 2.30. The second-order valence-electron chi connectivity index (χ2n) is 5.87. The van der Waals surface area contributed by atoms with Crippen LogP contribution < -0.4 is 10.1 Å². The van der Waals surface area contributed by atoms with Crippen molar-refractivity contribution in [2.24, 2.45) is 5.92 Å². The van der Waals surface area contributed by atoms with Crippen LogP contribution in [0.25, 0.3) is 0 Å². The zero-order chi connectivity index (χ0) is 16.3. The fraction of sp³-hybridized carbons (Fsp3) is 0.562. The molecule has 1 amide bonds. The molecule has 1 saturated heterocycles. The second-order valence-corrected chi connectivity index (χ2v) is 5.87. The maximum atomic E-state index is 12.3. The first kappa shape index (κ1) is 16.6. The van der Waals surface area contributed by atoms with Gasteiger partial charge in [-0.2, -0.15) is 0 Å². The van der Waals surface area contributed by atoms with Gasteiger partial charge in [0.1, 0.15) is 0 Å². The third kappa shape index (κ3) is 3.51. The lowest BCUT2D eigenvalue weighted by Gasteiger charge is -2.34. The quantitative estimate of drug-likeness (QED) is 0.788. The van der Waals surface area contributed by atoms with E-state index in [0.717, 1.165) is 12.0 Å². The van der Waals surface area contributed by atoms with Gasteiger partial charge in [-0.3, -0.25) is 4.79 Å². The monoisotopic (exact) mass is 309 g/mol. The Hall–Kier alpha value is -1.79. The largest absolute Gasteiger partial charge is 0.504 e. The van der Waals surface area contributed by atoms with Crippen LogP contribution in [0.5, 0.6) is 11.5 Å². The van der Waals surface area contributed by atoms with Crippen molar-refractivity contribution in [1.29, 1.82) is 0 Å². The van der Waals surface area contributed by atoms with Crippen molar-refractivity contribution in [2.75, 3.05) is 13.7 Å². The number of methoxy groups -OCH3 is 1. The maximum absolute atomic E-state index is 12.3. The van der Waals surface area contributed by atoms with Gasteiger partial charge >= 0.3 is 0 Å². The molecule has 1 fully saturated rings. The standard InChI is InChI=1S/C16H23NO5/c1-10-6-7-16(20,22-9-10)15(19)17-11(2)12-4-5-13(18)14(8-12)21-3/h4-5,8,10-11,18,20H,6-7,9H2,1-3H3,(H,17,19). The fourth-order valence-corrected chi connectivity index (χ4v) is 2.41. The molecule has 0 saturated carbocycles. The molecule has 1 heterocycles. The van der Waals surface area contributed by atoms with Gasteiger partial charge in [0.2, 0.25) is 5.79 Å². The predicted octanol–water partition coefficient (Wildman–Crippen LogP) is 1.71. The number of nitrogens with one attached hydrogen (secondary N) is 1. The van der Waals surface area contributed by atoms with Crippen molar-refractivity contribution in [3.05, 3.63) is 23.8 Å². The van der Waals surface area contributed by atoms with Crippen LogP contribution in [0.4, 0.5) is 0 Å². The van der Waals surface area contributed by atoms with Crippen molar-refractivity contribution in [1.82, 2.24) is 5.32 Å². The van der Waals surface area contributed by atoms with Gasteiger partial charge in [0.25, 0.3) is 5.91 Å². The summed E-state index contributed by atoms with van der Waals surface area (Å²) in [7, 11) is 1.46. The van der Waals surface area contributed by atoms with E-state index in [0.29, 0.717) is 18.3 Å². The number of hydrogen-bond donors (Lipinski definition) is 3. The summed E-state index contributed by atoms with van der Waals surface area (Å²) in [5, 5.41) is 22.6. The lowest BCUT2D eigenvalue weighted by molar-refractivity contribution is -0.229. The Kier molecular flexibility index (Phi) is 4.93. The molecule has 0 aromatic heterocycles. The molecule has 22 heavy (non-hydrogen) atoms. The number of carbonyl (C=O) groups excluding carboxylic acids is 1. The molecular weight excluding hydrogens is 286 g/mol. The highest BCUT2D eigenvalue weighted by molar-refractivity contribution is 5.83. The Morgan fingerprint density at radius 1 is 1.55 bits per heavy atom. The number of phenols is 1. The van der Waals surface area contributed by atoms with E-state index in [2.05, 4.69) is 5.32 Å². The SMILES string of the molecule is COc1cc(C(C)NC(=O)C2(O)CCC(C)CO2)ccc1O. The van der Waals surface area contributed by atoms with Gasteiger partial charge in [0.05, 0.1) is 19.8 Å². The lowest BCUT2D eigenvalue weighted by atomic mass is 9.97. The summed E-state index contributed by atoms with van der Waals surface area (Å²) < 4.78 is 10.4. The molecule has 3 unspecified atom stereocenters. The number of aromatic hydroxyl groups is 1. The number of phenolic OH excluding ortho intramolecular Hbond substituents is 1. The Morgan fingerprint density at radius 3 is 2.86 bits per heavy atom. The summed E-state index contributed by atoms with van der Waals surface area (Å²) >= 11 is 0. The number of rotatable bonds is 4. The minimum atomic E-state index is -1.76. The Morgan fingerprint density at radius 2 is 2.27 bits per heavy atom. The Labute approximate surface area is 130 Å². The number of carbonyl (C=O) groups is 1. The van der Waals surface area contributed by atoms with E-state index < -0.39 is 11.7 Å². The third-order valence-electron chi connectivity index (χ3n) is 3.99. The highest BCUT2D eigenvalue weighted by Gasteiger charge is 2.41. The molecule has 122 valence electrons. The molecule has 6 heteroatoms. The highest BCUT2D eigenvalue weighted by atomic mass is 16.6.